The van der Waals surface area contributed by atoms with Gasteiger partial charge in [-0.05, 0) is 196 Å². The van der Waals surface area contributed by atoms with Gasteiger partial charge >= 0.3 is 0 Å². The Labute approximate surface area is 713 Å². The maximum atomic E-state index is 12.1. The van der Waals surface area contributed by atoms with Crippen molar-refractivity contribution in [3.8, 4) is 101 Å². The summed E-state index contributed by atoms with van der Waals surface area (Å²) in [7, 11) is 0. The van der Waals surface area contributed by atoms with Crippen molar-refractivity contribution in [2.75, 3.05) is 9.80 Å². The van der Waals surface area contributed by atoms with Crippen LogP contribution in [0.5, 0.6) is 11.5 Å². The molecule has 0 radical (unpaired) electrons. The Hall–Kier alpha value is -14.2. The van der Waals surface area contributed by atoms with E-state index in [4.69, 9.17) is 13.8 Å². The van der Waals surface area contributed by atoms with Crippen molar-refractivity contribution in [3.63, 3.8) is 0 Å². The summed E-state index contributed by atoms with van der Waals surface area (Å²) in [6, 6.07) is 60.0. The first-order chi connectivity index (χ1) is 66.5. The third-order valence-corrected chi connectivity index (χ3v) is 23.6. The van der Waals surface area contributed by atoms with E-state index in [1.165, 1.54) is 0 Å². The fraction of sp³-hybridized carbons (Fsp3) is 0.0734. The summed E-state index contributed by atoms with van der Waals surface area (Å²) in [4.78, 5) is 9.40. The molecule has 7 heterocycles. The van der Waals surface area contributed by atoms with Crippen molar-refractivity contribution >= 4 is 124 Å². The normalized spacial score (nSPS) is 15.7. The standard InChI is InChI=1S/C109H79B2N5O/c1-108(2,3)77-62-83(70-36-17-9-18-37-70)103(84(63-77)71-38-19-10-20-39-71)115-96-66-79(113-93-49-27-25-44-80(93)81-45-26-28-50-94(81)113)53-55-88(96)110-91-67-99-102-107(117-100-61-75(69-34-15-8-16-35-69)51-54-89(100)111(102)90-47-31-46-82-87-58-74(68-32-13-7-14-33-68)52-56-95(87)114(99)105(82)90)106(91)116(98-60-76(59-97(115)101(98)110)92-48-29-30-57-112-92)104-85(72-40-21-11-22-41-72)64-78(109(4,5)6)65-86(104)73-42-23-12-24-43-73/h7-67H,1-6H3/i7D,13D,14D,25D,26D,27D,28D,31D,32D,33D,44D,45D,46D,47D,49D,50D,52D,53D,55D,56D,58D,66D. The molecule has 3 aromatic heterocycles. The molecule has 0 amide bonds. The molecule has 8 heteroatoms. The van der Waals surface area contributed by atoms with Gasteiger partial charge in [0.15, 0.2) is 0 Å². The van der Waals surface area contributed by atoms with Gasteiger partial charge in [-0.1, -0.05) is 308 Å². The van der Waals surface area contributed by atoms with Crippen LogP contribution in [0.25, 0.3) is 133 Å². The quantitative estimate of drug-likeness (QED) is 0.128. The maximum absolute atomic E-state index is 12.1. The zero-order chi connectivity index (χ0) is 97.3. The average molecular weight is 1520 g/mol. The number of rotatable bonds is 10. The van der Waals surface area contributed by atoms with Gasteiger partial charge in [-0.25, -0.2) is 0 Å². The molecular formula is C109H79B2N5O. The summed E-state index contributed by atoms with van der Waals surface area (Å²) in [5.41, 5.74) is 9.76. The van der Waals surface area contributed by atoms with Crippen LogP contribution in [0, 0.1) is 0 Å². The van der Waals surface area contributed by atoms with Crippen molar-refractivity contribution in [3.05, 3.63) is 381 Å². The van der Waals surface area contributed by atoms with Crippen LogP contribution in [0.1, 0.15) is 82.8 Å². The van der Waals surface area contributed by atoms with E-state index in [1.54, 1.807) is 10.8 Å². The van der Waals surface area contributed by atoms with E-state index >= 15 is 0 Å². The van der Waals surface area contributed by atoms with Crippen LogP contribution in [0.3, 0.4) is 0 Å². The zero-order valence-electron chi connectivity index (χ0n) is 86.3. The second-order valence-electron chi connectivity index (χ2n) is 32.4. The highest BCUT2D eigenvalue weighted by Gasteiger charge is 2.51. The fourth-order valence-corrected chi connectivity index (χ4v) is 18.2. The largest absolute Gasteiger partial charge is 0.456 e. The molecule has 0 N–H and O–H groups in total. The number of hydrogen-bond donors (Lipinski definition) is 0. The van der Waals surface area contributed by atoms with Gasteiger partial charge in [0.25, 0.3) is 13.4 Å². The van der Waals surface area contributed by atoms with Crippen LogP contribution < -0.4 is 47.3 Å². The molecule has 19 aromatic rings. The number of para-hydroxylation sites is 3. The van der Waals surface area contributed by atoms with Crippen LogP contribution in [0.15, 0.2) is 370 Å². The van der Waals surface area contributed by atoms with Gasteiger partial charge < -0.3 is 23.7 Å². The SMILES string of the molecule is [2H]c1c([2H])c([2H])c(-c2c([2H])c([2H])c3c(c2[2H])c2c([2H])c([2H])c([2H])c4c2n3-c2cc3c(c5c2B4c2ccc(-c4ccccc4)cc2O5)N(c2c(-c4ccccc4)cc(C(C)(C)C)cc2-c2ccccc2)c2cc(-c4ccccn4)cc4c2B3c2c([2H])c([2H])c(-n3c5c([2H])c([2H])c([2H])c([2H])c5c5c([2H])c([2H])c([2H])c([2H])c53)c([2H])c2N4c2c(-c3ccccc3)cc(C(C)(C)C)cc2-c2ccccc2)c([2H])c1[2H]. The number of hydrogen-bond acceptors (Lipinski definition) is 4. The molecule has 0 fully saturated rings. The fourth-order valence-electron chi connectivity index (χ4n) is 18.2. The van der Waals surface area contributed by atoms with E-state index in [9.17, 15) is 26.0 Å². The molecule has 4 aliphatic heterocycles. The van der Waals surface area contributed by atoms with Gasteiger partial charge in [-0.3, -0.25) is 4.98 Å². The molecule has 0 bridgehead atoms. The Bertz CT molecular complexity index is 8490. The molecule has 0 saturated heterocycles. The van der Waals surface area contributed by atoms with E-state index in [1.807, 2.05) is 205 Å². The highest BCUT2D eigenvalue weighted by molar-refractivity contribution is 7.02. The third kappa shape index (κ3) is 10.6. The predicted molar refractivity (Wildman–Crippen MR) is 494 cm³/mol. The first-order valence-electron chi connectivity index (χ1n) is 50.2. The molecule has 0 saturated carbocycles. The van der Waals surface area contributed by atoms with E-state index in [-0.39, 0.29) is 77.5 Å². The molecule has 23 rings (SSSR count). The van der Waals surface area contributed by atoms with Gasteiger partial charge in [0.1, 0.15) is 11.5 Å². The summed E-state index contributed by atoms with van der Waals surface area (Å²) in [5, 5.41) is -1.04. The minimum Gasteiger partial charge on any atom is -0.456 e. The lowest BCUT2D eigenvalue weighted by atomic mass is 9.31. The van der Waals surface area contributed by atoms with Gasteiger partial charge in [0.2, 0.25) is 0 Å². The van der Waals surface area contributed by atoms with Gasteiger partial charge in [0.05, 0.1) is 69.5 Å². The molecule has 0 atom stereocenters. The second-order valence-corrected chi connectivity index (χ2v) is 32.4. The molecule has 0 aliphatic carbocycles. The summed E-state index contributed by atoms with van der Waals surface area (Å²) in [6.07, 6.45) is 1.69. The Kier molecular flexibility index (Phi) is 11.1. The van der Waals surface area contributed by atoms with E-state index < -0.39 is 185 Å². The number of fused-ring (bicyclic) bond motifs is 15. The van der Waals surface area contributed by atoms with Crippen LogP contribution in [0.4, 0.5) is 34.1 Å². The van der Waals surface area contributed by atoms with Crippen molar-refractivity contribution in [2.24, 2.45) is 0 Å². The lowest BCUT2D eigenvalue weighted by Crippen LogP contribution is -2.64. The summed E-state index contributed by atoms with van der Waals surface area (Å²) < 4.78 is 233. The Morgan fingerprint density at radius 1 is 0.325 bits per heavy atom. The van der Waals surface area contributed by atoms with Gasteiger partial charge in [-0.2, -0.15) is 0 Å². The summed E-state index contributed by atoms with van der Waals surface area (Å²) in [5.74, 6) is 0.350. The molecule has 552 valence electrons. The molecule has 4 aliphatic rings. The number of ether oxygens (including phenoxy) is 1. The van der Waals surface area contributed by atoms with Crippen LogP contribution in [-0.4, -0.2) is 27.5 Å². The topological polar surface area (TPSA) is 38.5 Å². The molecule has 6 nitrogen and oxygen atoms in total. The highest BCUT2D eigenvalue weighted by Crippen LogP contribution is 2.58. The highest BCUT2D eigenvalue weighted by atomic mass is 16.5. The zero-order valence-corrected chi connectivity index (χ0v) is 64.3. The summed E-state index contributed by atoms with van der Waals surface area (Å²) in [6.45, 7) is 10.1. The Balaban J connectivity index is 0.997. The molecule has 117 heavy (non-hydrogen) atoms. The Morgan fingerprint density at radius 3 is 1.42 bits per heavy atom. The molecule has 0 unspecified atom stereocenters. The summed E-state index contributed by atoms with van der Waals surface area (Å²) >= 11 is 0. The Morgan fingerprint density at radius 2 is 0.846 bits per heavy atom. The van der Waals surface area contributed by atoms with Crippen molar-refractivity contribution in [1.82, 2.24) is 14.1 Å². The second kappa shape index (κ2) is 26.2. The van der Waals surface area contributed by atoms with Crippen LogP contribution >= 0.6 is 0 Å². The van der Waals surface area contributed by atoms with Gasteiger partial charge in [0, 0.05) is 89.5 Å². The first kappa shape index (κ1) is 49.4. The van der Waals surface area contributed by atoms with E-state index in [0.717, 1.165) is 32.4 Å². The van der Waals surface area contributed by atoms with E-state index in [2.05, 4.69) is 76.8 Å². The number of pyridine rings is 1. The smallest absolute Gasteiger partial charge is 0.256 e. The van der Waals surface area contributed by atoms with Gasteiger partial charge in [-0.15, -0.1) is 0 Å². The number of aromatic nitrogens is 3. The van der Waals surface area contributed by atoms with Crippen molar-refractivity contribution in [1.29, 1.82) is 0 Å². The molecule has 0 spiro atoms. The van der Waals surface area contributed by atoms with E-state index in [0.29, 0.717) is 89.3 Å². The van der Waals surface area contributed by atoms with Crippen LogP contribution in [0.2, 0.25) is 0 Å². The minimum atomic E-state index is -1.50. The lowest BCUT2D eigenvalue weighted by Gasteiger charge is -2.47. The average Bonchev–Trinajstić information content (AvgIpc) is 1.62. The number of anilines is 6. The monoisotopic (exact) mass is 1520 g/mol. The predicted octanol–water partition coefficient (Wildman–Crippen LogP) is 24.6. The maximum Gasteiger partial charge on any atom is 0.256 e. The molecule has 16 aromatic carbocycles. The molecular weight excluding hydrogens is 1420 g/mol. The minimum absolute atomic E-state index is 0.0202. The van der Waals surface area contributed by atoms with Crippen LogP contribution in [-0.2, 0) is 10.8 Å². The number of benzene rings is 16. The first-order valence-corrected chi connectivity index (χ1v) is 39.2. The van der Waals surface area contributed by atoms with Crippen molar-refractivity contribution in [2.45, 2.75) is 52.4 Å². The lowest BCUT2D eigenvalue weighted by molar-refractivity contribution is 0.489. The number of nitrogens with zero attached hydrogens (tertiary/aromatic N) is 5. The third-order valence-electron chi connectivity index (χ3n) is 23.6. The van der Waals surface area contributed by atoms with Crippen molar-refractivity contribution < 1.29 is 34.9 Å².